The zero-order valence-corrected chi connectivity index (χ0v) is 18.2. The number of hydrogen-bond donors (Lipinski definition) is 0. The summed E-state index contributed by atoms with van der Waals surface area (Å²) in [5, 5.41) is 0. The fourth-order valence-electron chi connectivity index (χ4n) is 4.06. The summed E-state index contributed by atoms with van der Waals surface area (Å²) < 4.78 is 11.5. The third-order valence-electron chi connectivity index (χ3n) is 5.21. The number of methoxy groups -OCH3 is 1. The first kappa shape index (κ1) is 22.6. The minimum absolute atomic E-state index is 0.148. The molecule has 5 heteroatoms. The lowest BCUT2D eigenvalue weighted by Gasteiger charge is -2.44. The zero-order chi connectivity index (χ0) is 19.9. The van der Waals surface area contributed by atoms with Crippen LogP contribution in [-0.4, -0.2) is 27.2 Å². The molecule has 146 valence electrons. The Labute approximate surface area is 159 Å². The molecule has 0 heterocycles. The summed E-state index contributed by atoms with van der Waals surface area (Å²) in [6.07, 6.45) is -0.338. The molecule has 0 spiro atoms. The van der Waals surface area contributed by atoms with E-state index in [9.17, 15) is 9.59 Å². The molecule has 0 radical (unpaired) electrons. The molecule has 0 amide bonds. The predicted molar refractivity (Wildman–Crippen MR) is 108 cm³/mol. The normalized spacial score (nSPS) is 13.3. The van der Waals surface area contributed by atoms with Crippen LogP contribution in [0.2, 0.25) is 16.6 Å². The predicted octanol–water partition coefficient (Wildman–Crippen LogP) is 5.44. The van der Waals surface area contributed by atoms with Crippen molar-refractivity contribution in [1.29, 1.82) is 0 Å². The van der Waals surface area contributed by atoms with Gasteiger partial charge in [0.15, 0.2) is 0 Å². The van der Waals surface area contributed by atoms with Crippen molar-refractivity contribution in [3.8, 4) is 0 Å². The summed E-state index contributed by atoms with van der Waals surface area (Å²) in [4.78, 5) is 23.9. The van der Waals surface area contributed by atoms with Crippen molar-refractivity contribution in [2.24, 2.45) is 0 Å². The van der Waals surface area contributed by atoms with Crippen LogP contribution in [-0.2, 0) is 18.8 Å². The molecule has 1 aromatic rings. The van der Waals surface area contributed by atoms with Crippen molar-refractivity contribution < 1.29 is 18.8 Å². The molecule has 0 saturated heterocycles. The molecule has 1 rings (SSSR count). The van der Waals surface area contributed by atoms with E-state index in [2.05, 4.69) is 46.3 Å². The number of ketones is 1. The van der Waals surface area contributed by atoms with Gasteiger partial charge in [0.25, 0.3) is 0 Å². The van der Waals surface area contributed by atoms with Crippen LogP contribution >= 0.6 is 0 Å². The van der Waals surface area contributed by atoms with Gasteiger partial charge in [-0.05, 0) is 22.2 Å². The molecule has 0 bridgehead atoms. The molecule has 1 atom stereocenters. The Morgan fingerprint density at radius 1 is 0.923 bits per heavy atom. The molecule has 0 aliphatic rings. The van der Waals surface area contributed by atoms with Crippen LogP contribution in [0.5, 0.6) is 0 Å². The van der Waals surface area contributed by atoms with Gasteiger partial charge in [-0.25, -0.2) is 0 Å². The van der Waals surface area contributed by atoms with Gasteiger partial charge in [-0.2, -0.15) is 0 Å². The van der Waals surface area contributed by atoms with Crippen molar-refractivity contribution in [3.63, 3.8) is 0 Å². The molecule has 0 aliphatic carbocycles. The van der Waals surface area contributed by atoms with E-state index in [1.54, 1.807) is 0 Å². The quantitative estimate of drug-likeness (QED) is 0.309. The number of rotatable bonds is 10. The molecule has 0 saturated carbocycles. The molecule has 4 nitrogen and oxygen atoms in total. The van der Waals surface area contributed by atoms with Gasteiger partial charge in [-0.1, -0.05) is 71.9 Å². The second-order valence-corrected chi connectivity index (χ2v) is 13.2. The molecule has 26 heavy (non-hydrogen) atoms. The van der Waals surface area contributed by atoms with Gasteiger partial charge in [-0.3, -0.25) is 9.59 Å². The summed E-state index contributed by atoms with van der Waals surface area (Å²) in [5.41, 5.74) is 2.25. The van der Waals surface area contributed by atoms with E-state index in [0.717, 1.165) is 5.56 Å². The van der Waals surface area contributed by atoms with Gasteiger partial charge < -0.3 is 9.16 Å². The molecular weight excluding hydrogens is 344 g/mol. The van der Waals surface area contributed by atoms with Crippen LogP contribution < -0.4 is 0 Å². The Hall–Kier alpha value is -1.46. The van der Waals surface area contributed by atoms with E-state index in [1.165, 1.54) is 7.11 Å². The highest BCUT2D eigenvalue weighted by Crippen LogP contribution is 2.45. The Kier molecular flexibility index (Phi) is 8.70. The van der Waals surface area contributed by atoms with Crippen LogP contribution in [0.15, 0.2) is 30.3 Å². The van der Waals surface area contributed by atoms with Crippen LogP contribution in [0.3, 0.4) is 0 Å². The lowest BCUT2D eigenvalue weighted by Crippen LogP contribution is -2.48. The van der Waals surface area contributed by atoms with E-state index < -0.39 is 14.3 Å². The summed E-state index contributed by atoms with van der Waals surface area (Å²) in [6, 6.07) is 9.86. The van der Waals surface area contributed by atoms with Gasteiger partial charge in [0.1, 0.15) is 12.2 Å². The molecule has 1 aromatic carbocycles. The van der Waals surface area contributed by atoms with Crippen LogP contribution in [0, 0.1) is 0 Å². The lowest BCUT2D eigenvalue weighted by molar-refractivity contribution is -0.143. The van der Waals surface area contributed by atoms with E-state index in [-0.39, 0.29) is 24.7 Å². The average Bonchev–Trinajstić information content (AvgIpc) is 2.58. The fourth-order valence-corrected chi connectivity index (χ4v) is 9.59. The maximum Gasteiger partial charge on any atom is 0.313 e. The van der Waals surface area contributed by atoms with E-state index >= 15 is 0 Å². The minimum Gasteiger partial charge on any atom is -0.469 e. The molecule has 0 N–H and O–H groups in total. The number of carbonyl (C=O) groups is 2. The highest BCUT2D eigenvalue weighted by molar-refractivity contribution is 6.77. The molecule has 0 aromatic heterocycles. The first-order valence-electron chi connectivity index (χ1n) is 9.46. The summed E-state index contributed by atoms with van der Waals surface area (Å²) in [6.45, 7) is 13.4. The average molecular weight is 379 g/mol. The number of esters is 1. The standard InChI is InChI=1S/C21H34O4Si/c1-15(2)26(16(3)4,17(5)6)25-20(18-11-9-8-10-12-18)13-19(22)14-21(23)24-7/h8-12,15-17,20H,13-14H2,1-7H3. The van der Waals surface area contributed by atoms with Crippen molar-refractivity contribution >= 4 is 20.1 Å². The van der Waals surface area contributed by atoms with Gasteiger partial charge in [0.05, 0.1) is 13.2 Å². The molecule has 0 fully saturated rings. The molecular formula is C21H34O4Si. The second kappa shape index (κ2) is 10.0. The van der Waals surface area contributed by atoms with Crippen molar-refractivity contribution in [3.05, 3.63) is 35.9 Å². The van der Waals surface area contributed by atoms with Crippen LogP contribution in [0.1, 0.15) is 66.1 Å². The lowest BCUT2D eigenvalue weighted by atomic mass is 10.0. The van der Waals surface area contributed by atoms with E-state index in [1.807, 2.05) is 30.3 Å². The number of ether oxygens (including phenoxy) is 1. The van der Waals surface area contributed by atoms with Gasteiger partial charge in [0.2, 0.25) is 8.32 Å². The first-order chi connectivity index (χ1) is 12.1. The Morgan fingerprint density at radius 3 is 1.85 bits per heavy atom. The number of benzene rings is 1. The SMILES string of the molecule is COC(=O)CC(=O)CC(O[Si](C(C)C)(C(C)C)C(C)C)c1ccccc1. The topological polar surface area (TPSA) is 52.6 Å². The molecule has 1 unspecified atom stereocenters. The van der Waals surface area contributed by atoms with Gasteiger partial charge in [-0.15, -0.1) is 0 Å². The van der Waals surface area contributed by atoms with E-state index in [4.69, 9.17) is 4.43 Å². The third-order valence-corrected chi connectivity index (χ3v) is 11.3. The maximum absolute atomic E-state index is 12.4. The first-order valence-corrected chi connectivity index (χ1v) is 11.6. The van der Waals surface area contributed by atoms with Gasteiger partial charge in [0, 0.05) is 6.42 Å². The van der Waals surface area contributed by atoms with Crippen molar-refractivity contribution in [1.82, 2.24) is 0 Å². The van der Waals surface area contributed by atoms with E-state index in [0.29, 0.717) is 16.6 Å². The summed E-state index contributed by atoms with van der Waals surface area (Å²) in [5.74, 6) is -0.647. The Balaban J connectivity index is 3.19. The highest BCUT2D eigenvalue weighted by atomic mass is 28.4. The van der Waals surface area contributed by atoms with Crippen molar-refractivity contribution in [2.45, 2.75) is 77.1 Å². The number of Topliss-reactive ketones (excluding diaryl/α,β-unsaturated/α-hetero) is 1. The number of carbonyl (C=O) groups excluding carboxylic acids is 2. The molecule has 0 aliphatic heterocycles. The maximum atomic E-state index is 12.4. The van der Waals surface area contributed by atoms with Crippen molar-refractivity contribution in [2.75, 3.05) is 7.11 Å². The largest absolute Gasteiger partial charge is 0.469 e. The minimum atomic E-state index is -2.16. The Bertz CT molecular complexity index is 559. The monoisotopic (exact) mass is 378 g/mol. The van der Waals surface area contributed by atoms with Crippen LogP contribution in [0.4, 0.5) is 0 Å². The van der Waals surface area contributed by atoms with Crippen LogP contribution in [0.25, 0.3) is 0 Å². The Morgan fingerprint density at radius 2 is 1.42 bits per heavy atom. The highest BCUT2D eigenvalue weighted by Gasteiger charge is 2.47. The smallest absolute Gasteiger partial charge is 0.313 e. The summed E-state index contributed by atoms with van der Waals surface area (Å²) in [7, 11) is -0.856. The third kappa shape index (κ3) is 5.51. The zero-order valence-electron chi connectivity index (χ0n) is 17.2. The number of hydrogen-bond acceptors (Lipinski definition) is 4. The second-order valence-electron chi connectivity index (χ2n) is 7.83. The summed E-state index contributed by atoms with van der Waals surface area (Å²) >= 11 is 0. The van der Waals surface area contributed by atoms with Gasteiger partial charge >= 0.3 is 5.97 Å². The fraction of sp³-hybridized carbons (Fsp3) is 0.619.